The molecule has 0 spiro atoms. The van der Waals surface area contributed by atoms with Gasteiger partial charge in [0.2, 0.25) is 5.91 Å². The van der Waals surface area contributed by atoms with E-state index in [4.69, 9.17) is 0 Å². The van der Waals surface area contributed by atoms with E-state index in [1.807, 2.05) is 36.4 Å². The smallest absolute Gasteiger partial charge is 0.225 e. The Kier molecular flexibility index (Phi) is 6.27. The fraction of sp³-hybridized carbons (Fsp3) is 0.444. The highest BCUT2D eigenvalue weighted by atomic mass is 16.3. The summed E-state index contributed by atoms with van der Waals surface area (Å²) in [5, 5.41) is 20.8. The van der Waals surface area contributed by atoms with Gasteiger partial charge in [-0.15, -0.1) is 10.2 Å². The summed E-state index contributed by atoms with van der Waals surface area (Å²) in [6, 6.07) is 16.3. The fourth-order valence-electron chi connectivity index (χ4n) is 5.36. The van der Waals surface area contributed by atoms with Crippen molar-refractivity contribution in [2.75, 3.05) is 24.5 Å². The predicted molar refractivity (Wildman–Crippen MR) is 131 cm³/mol. The minimum absolute atomic E-state index is 0.0265. The molecule has 2 heterocycles. The van der Waals surface area contributed by atoms with Gasteiger partial charge in [-0.05, 0) is 25.3 Å². The summed E-state index contributed by atoms with van der Waals surface area (Å²) in [7, 11) is 0. The fourth-order valence-corrected chi connectivity index (χ4v) is 5.36. The summed E-state index contributed by atoms with van der Waals surface area (Å²) < 4.78 is 0. The van der Waals surface area contributed by atoms with E-state index >= 15 is 0 Å². The first-order valence-corrected chi connectivity index (χ1v) is 12.2. The van der Waals surface area contributed by atoms with Crippen molar-refractivity contribution in [3.8, 4) is 11.3 Å². The van der Waals surface area contributed by atoms with Gasteiger partial charge in [0.25, 0.3) is 0 Å². The molecule has 3 aromatic rings. The molecule has 1 amide bonds. The van der Waals surface area contributed by atoms with Gasteiger partial charge in [-0.2, -0.15) is 0 Å². The van der Waals surface area contributed by atoms with Crippen molar-refractivity contribution < 1.29 is 9.90 Å². The number of aliphatic hydroxyl groups excluding tert-OH is 1. The first-order valence-electron chi connectivity index (χ1n) is 12.2. The summed E-state index contributed by atoms with van der Waals surface area (Å²) in [6.07, 6.45) is 5.72. The number of carbonyl (C=O) groups is 1. The lowest BCUT2D eigenvalue weighted by atomic mass is 9.88. The maximum atomic E-state index is 13.1. The Labute approximate surface area is 195 Å². The molecular weight excluding hydrogens is 412 g/mol. The molecule has 2 fully saturated rings. The zero-order valence-electron chi connectivity index (χ0n) is 19.3. The van der Waals surface area contributed by atoms with E-state index in [1.54, 1.807) is 0 Å². The zero-order valence-corrected chi connectivity index (χ0v) is 19.3. The van der Waals surface area contributed by atoms with Crippen molar-refractivity contribution in [2.45, 2.75) is 51.7 Å². The van der Waals surface area contributed by atoms with Crippen LogP contribution in [0.1, 0.15) is 44.6 Å². The van der Waals surface area contributed by atoms with Gasteiger partial charge in [0, 0.05) is 47.9 Å². The lowest BCUT2D eigenvalue weighted by molar-refractivity contribution is -0.137. The minimum atomic E-state index is 0.0265. The maximum Gasteiger partial charge on any atom is 0.225 e. The van der Waals surface area contributed by atoms with Crippen LogP contribution >= 0.6 is 0 Å². The third kappa shape index (κ3) is 4.32. The van der Waals surface area contributed by atoms with Crippen LogP contribution in [-0.2, 0) is 11.4 Å². The van der Waals surface area contributed by atoms with Crippen molar-refractivity contribution in [3.05, 3.63) is 54.1 Å². The molecule has 5 rings (SSSR count). The second-order valence-electron chi connectivity index (χ2n) is 9.43. The normalized spacial score (nSPS) is 19.8. The highest BCUT2D eigenvalue weighted by molar-refractivity contribution is 6.00. The molecule has 0 unspecified atom stereocenters. The van der Waals surface area contributed by atoms with E-state index in [0.717, 1.165) is 65.9 Å². The molecule has 2 aromatic carbocycles. The number of aromatic nitrogens is 2. The van der Waals surface area contributed by atoms with Gasteiger partial charge in [0.05, 0.1) is 6.61 Å². The number of hydrogen-bond acceptors (Lipinski definition) is 5. The summed E-state index contributed by atoms with van der Waals surface area (Å²) in [6.45, 7) is 4.44. The van der Waals surface area contributed by atoms with E-state index in [9.17, 15) is 9.90 Å². The summed E-state index contributed by atoms with van der Waals surface area (Å²) in [4.78, 5) is 17.4. The molecule has 1 saturated carbocycles. The summed E-state index contributed by atoms with van der Waals surface area (Å²) >= 11 is 0. The van der Waals surface area contributed by atoms with Crippen LogP contribution < -0.4 is 4.90 Å². The molecule has 1 N–H and O–H groups in total. The second kappa shape index (κ2) is 9.48. The Balaban J connectivity index is 1.40. The van der Waals surface area contributed by atoms with Crippen LogP contribution in [0.5, 0.6) is 0 Å². The van der Waals surface area contributed by atoms with Gasteiger partial charge in [0.15, 0.2) is 5.82 Å². The number of anilines is 1. The van der Waals surface area contributed by atoms with Crippen LogP contribution in [0.15, 0.2) is 48.5 Å². The molecule has 172 valence electrons. The van der Waals surface area contributed by atoms with Crippen molar-refractivity contribution in [1.29, 1.82) is 0 Å². The van der Waals surface area contributed by atoms with Crippen LogP contribution in [0.25, 0.3) is 22.0 Å². The number of piperazine rings is 1. The number of amides is 1. The topological polar surface area (TPSA) is 69.6 Å². The van der Waals surface area contributed by atoms with Crippen molar-refractivity contribution in [3.63, 3.8) is 0 Å². The van der Waals surface area contributed by atoms with Crippen molar-refractivity contribution >= 4 is 22.5 Å². The van der Waals surface area contributed by atoms with Crippen molar-refractivity contribution in [2.24, 2.45) is 5.92 Å². The van der Waals surface area contributed by atoms with Crippen LogP contribution in [0.2, 0.25) is 0 Å². The molecule has 1 aromatic heterocycles. The van der Waals surface area contributed by atoms with Gasteiger partial charge >= 0.3 is 0 Å². The Morgan fingerprint density at radius 2 is 1.70 bits per heavy atom. The SMILES string of the molecule is C[C@@H]1CN(C(=O)C2CCCCC2)CCN1c1nnc(-c2ccc(CO)cc2)c2ccccc12. The van der Waals surface area contributed by atoms with E-state index in [0.29, 0.717) is 5.91 Å². The molecule has 1 atom stereocenters. The monoisotopic (exact) mass is 444 g/mol. The average molecular weight is 445 g/mol. The average Bonchev–Trinajstić information content (AvgIpc) is 2.88. The Morgan fingerprint density at radius 1 is 0.970 bits per heavy atom. The second-order valence-corrected chi connectivity index (χ2v) is 9.43. The molecule has 6 nitrogen and oxygen atoms in total. The molecule has 0 radical (unpaired) electrons. The molecule has 2 aliphatic rings. The van der Waals surface area contributed by atoms with Crippen LogP contribution in [0.3, 0.4) is 0 Å². The van der Waals surface area contributed by atoms with Gasteiger partial charge in [-0.1, -0.05) is 67.8 Å². The lowest BCUT2D eigenvalue weighted by Gasteiger charge is -2.42. The Hall–Kier alpha value is -2.99. The highest BCUT2D eigenvalue weighted by Gasteiger charge is 2.32. The van der Waals surface area contributed by atoms with E-state index in [1.165, 1.54) is 19.3 Å². The zero-order chi connectivity index (χ0) is 22.8. The number of fused-ring (bicyclic) bond motifs is 1. The number of hydrogen-bond donors (Lipinski definition) is 1. The first-order chi connectivity index (χ1) is 16.2. The maximum absolute atomic E-state index is 13.1. The largest absolute Gasteiger partial charge is 0.392 e. The van der Waals surface area contributed by atoms with Crippen LogP contribution in [-0.4, -0.2) is 51.8 Å². The summed E-state index contributed by atoms with van der Waals surface area (Å²) in [5.74, 6) is 1.45. The number of rotatable bonds is 4. The molecular formula is C27H32N4O2. The van der Waals surface area contributed by atoms with Crippen LogP contribution in [0, 0.1) is 5.92 Å². The molecule has 0 bridgehead atoms. The standard InChI is InChI=1S/C27H32N4O2/c1-19-17-30(27(33)22-7-3-2-4-8-22)15-16-31(19)26-24-10-6-5-9-23(24)25(28-29-26)21-13-11-20(18-32)12-14-21/h5-6,9-14,19,22,32H,2-4,7-8,15-18H2,1H3/t19-/m1/s1. The van der Waals surface area contributed by atoms with Crippen molar-refractivity contribution in [1.82, 2.24) is 15.1 Å². The predicted octanol–water partition coefficient (Wildman–Crippen LogP) is 4.41. The number of aliphatic hydroxyl groups is 1. The highest BCUT2D eigenvalue weighted by Crippen LogP contribution is 2.33. The number of nitrogens with zero attached hydrogens (tertiary/aromatic N) is 4. The van der Waals surface area contributed by atoms with Gasteiger partial charge < -0.3 is 14.9 Å². The Bertz CT molecular complexity index is 1120. The lowest BCUT2D eigenvalue weighted by Crippen LogP contribution is -2.55. The molecule has 1 aliphatic carbocycles. The summed E-state index contributed by atoms with van der Waals surface area (Å²) in [5.41, 5.74) is 2.71. The molecule has 1 saturated heterocycles. The van der Waals surface area contributed by atoms with E-state index in [2.05, 4.69) is 39.1 Å². The van der Waals surface area contributed by atoms with Crippen LogP contribution in [0.4, 0.5) is 5.82 Å². The van der Waals surface area contributed by atoms with E-state index in [-0.39, 0.29) is 18.6 Å². The molecule has 1 aliphatic heterocycles. The van der Waals surface area contributed by atoms with Gasteiger partial charge in [0.1, 0.15) is 5.69 Å². The quantitative estimate of drug-likeness (QED) is 0.646. The first kappa shape index (κ1) is 21.8. The third-order valence-electron chi connectivity index (χ3n) is 7.24. The molecule has 33 heavy (non-hydrogen) atoms. The number of carbonyl (C=O) groups excluding carboxylic acids is 1. The van der Waals surface area contributed by atoms with Gasteiger partial charge in [-0.25, -0.2) is 0 Å². The minimum Gasteiger partial charge on any atom is -0.392 e. The van der Waals surface area contributed by atoms with E-state index < -0.39 is 0 Å². The molecule has 6 heteroatoms. The number of benzene rings is 2. The third-order valence-corrected chi connectivity index (χ3v) is 7.24. The Morgan fingerprint density at radius 3 is 2.39 bits per heavy atom. The van der Waals surface area contributed by atoms with Gasteiger partial charge in [-0.3, -0.25) is 4.79 Å².